The van der Waals surface area contributed by atoms with Gasteiger partial charge in [-0.05, 0) is 37.6 Å². The van der Waals surface area contributed by atoms with Crippen molar-refractivity contribution >= 4 is 11.5 Å². The number of aliphatic hydroxyl groups is 1. The van der Waals surface area contributed by atoms with Gasteiger partial charge in [-0.25, -0.2) is 0 Å². The van der Waals surface area contributed by atoms with E-state index in [1.54, 1.807) is 6.92 Å². The van der Waals surface area contributed by atoms with Crippen molar-refractivity contribution < 1.29 is 14.6 Å². The van der Waals surface area contributed by atoms with Crippen molar-refractivity contribution in [3.63, 3.8) is 0 Å². The summed E-state index contributed by atoms with van der Waals surface area (Å²) >= 11 is 0. The summed E-state index contributed by atoms with van der Waals surface area (Å²) in [6.07, 6.45) is 0.703. The van der Waals surface area contributed by atoms with E-state index in [1.807, 2.05) is 24.3 Å². The van der Waals surface area contributed by atoms with Gasteiger partial charge in [-0.3, -0.25) is 4.79 Å². The smallest absolute Gasteiger partial charge is 0.159 e. The first kappa shape index (κ1) is 13.1. The van der Waals surface area contributed by atoms with E-state index in [1.165, 1.54) is 0 Å². The van der Waals surface area contributed by atoms with E-state index >= 15 is 0 Å². The molecule has 1 unspecified atom stereocenters. The van der Waals surface area contributed by atoms with E-state index in [0.717, 1.165) is 17.8 Å². The van der Waals surface area contributed by atoms with Crippen molar-refractivity contribution in [2.45, 2.75) is 19.4 Å². The van der Waals surface area contributed by atoms with Crippen LogP contribution >= 0.6 is 0 Å². The Bertz CT molecular complexity index is 400. The van der Waals surface area contributed by atoms with E-state index in [-0.39, 0.29) is 18.4 Å². The Morgan fingerprint density at radius 3 is 2.78 bits per heavy atom. The number of morpholine rings is 1. The minimum absolute atomic E-state index is 0.0791. The molecule has 1 saturated heterocycles. The van der Waals surface area contributed by atoms with Crippen molar-refractivity contribution in [3.05, 3.63) is 29.8 Å². The highest BCUT2D eigenvalue weighted by Gasteiger charge is 2.22. The SMILES string of the molecule is CC(=O)c1ccc(N2CCOCC2CCO)cc1. The molecular weight excluding hydrogens is 230 g/mol. The molecule has 1 aliphatic heterocycles. The Balaban J connectivity index is 2.15. The highest BCUT2D eigenvalue weighted by molar-refractivity contribution is 5.94. The van der Waals surface area contributed by atoms with Crippen LogP contribution < -0.4 is 4.90 Å². The second-order valence-corrected chi connectivity index (χ2v) is 4.54. The zero-order chi connectivity index (χ0) is 13.0. The van der Waals surface area contributed by atoms with Gasteiger partial charge in [0.1, 0.15) is 0 Å². The predicted molar refractivity (Wildman–Crippen MR) is 70.1 cm³/mol. The van der Waals surface area contributed by atoms with Crippen molar-refractivity contribution in [1.82, 2.24) is 0 Å². The molecule has 98 valence electrons. The summed E-state index contributed by atoms with van der Waals surface area (Å²) < 4.78 is 5.44. The van der Waals surface area contributed by atoms with Crippen LogP contribution in [0.4, 0.5) is 5.69 Å². The molecule has 18 heavy (non-hydrogen) atoms. The molecule has 0 saturated carbocycles. The number of hydrogen-bond donors (Lipinski definition) is 1. The number of Topliss-reactive ketones (excluding diaryl/α,β-unsaturated/α-hetero) is 1. The number of rotatable bonds is 4. The molecule has 2 rings (SSSR count). The largest absolute Gasteiger partial charge is 0.396 e. The molecule has 1 aliphatic rings. The minimum atomic E-state index is 0.0791. The van der Waals surface area contributed by atoms with Crippen LogP contribution in [-0.4, -0.2) is 43.3 Å². The molecular formula is C14H19NO3. The number of ether oxygens (including phenoxy) is 1. The van der Waals surface area contributed by atoms with Gasteiger partial charge >= 0.3 is 0 Å². The van der Waals surface area contributed by atoms with Gasteiger partial charge in [0.05, 0.1) is 19.3 Å². The van der Waals surface area contributed by atoms with E-state index in [9.17, 15) is 4.79 Å². The van der Waals surface area contributed by atoms with Gasteiger partial charge in [0.25, 0.3) is 0 Å². The van der Waals surface area contributed by atoms with Crippen molar-refractivity contribution in [2.75, 3.05) is 31.3 Å². The van der Waals surface area contributed by atoms with E-state index in [0.29, 0.717) is 19.6 Å². The van der Waals surface area contributed by atoms with Crippen LogP contribution in [0.15, 0.2) is 24.3 Å². The lowest BCUT2D eigenvalue weighted by Crippen LogP contribution is -2.46. The molecule has 4 nitrogen and oxygen atoms in total. The highest BCUT2D eigenvalue weighted by Crippen LogP contribution is 2.22. The second-order valence-electron chi connectivity index (χ2n) is 4.54. The number of ketones is 1. The molecule has 1 aromatic rings. The molecule has 1 atom stereocenters. The van der Waals surface area contributed by atoms with Gasteiger partial charge in [0.15, 0.2) is 5.78 Å². The van der Waals surface area contributed by atoms with Gasteiger partial charge in [-0.15, -0.1) is 0 Å². The van der Waals surface area contributed by atoms with Gasteiger partial charge in [-0.2, -0.15) is 0 Å². The summed E-state index contributed by atoms with van der Waals surface area (Å²) in [7, 11) is 0. The third-order valence-electron chi connectivity index (χ3n) is 3.30. The first-order valence-corrected chi connectivity index (χ1v) is 6.28. The predicted octanol–water partition coefficient (Wildman–Crippen LogP) is 1.48. The zero-order valence-electron chi connectivity index (χ0n) is 10.6. The number of hydrogen-bond acceptors (Lipinski definition) is 4. The average Bonchev–Trinajstić information content (AvgIpc) is 2.40. The standard InChI is InChI=1S/C14H19NO3/c1-11(17)12-2-4-13(5-3-12)15-7-9-18-10-14(15)6-8-16/h2-5,14,16H,6-10H2,1H3. The Labute approximate surface area is 107 Å². The number of aliphatic hydroxyl groups excluding tert-OH is 1. The molecule has 0 aromatic heterocycles. The summed E-state index contributed by atoms with van der Waals surface area (Å²) in [6.45, 7) is 3.91. The van der Waals surface area contributed by atoms with Crippen LogP contribution in [0.3, 0.4) is 0 Å². The Morgan fingerprint density at radius 2 is 2.17 bits per heavy atom. The quantitative estimate of drug-likeness (QED) is 0.821. The molecule has 4 heteroatoms. The lowest BCUT2D eigenvalue weighted by atomic mass is 10.1. The Kier molecular flexibility index (Phi) is 4.33. The van der Waals surface area contributed by atoms with Crippen LogP contribution in [0.2, 0.25) is 0 Å². The molecule has 1 aromatic carbocycles. The molecule has 0 bridgehead atoms. The lowest BCUT2D eigenvalue weighted by Gasteiger charge is -2.37. The number of carbonyl (C=O) groups is 1. The normalized spacial score (nSPS) is 19.9. The van der Waals surface area contributed by atoms with Crippen LogP contribution in [-0.2, 0) is 4.74 Å². The van der Waals surface area contributed by atoms with Gasteiger partial charge in [0, 0.05) is 24.4 Å². The van der Waals surface area contributed by atoms with E-state index in [4.69, 9.17) is 9.84 Å². The number of nitrogens with zero attached hydrogens (tertiary/aromatic N) is 1. The number of benzene rings is 1. The lowest BCUT2D eigenvalue weighted by molar-refractivity contribution is 0.0850. The fourth-order valence-corrected chi connectivity index (χ4v) is 2.27. The van der Waals surface area contributed by atoms with Crippen LogP contribution in [0.1, 0.15) is 23.7 Å². The third-order valence-corrected chi connectivity index (χ3v) is 3.30. The van der Waals surface area contributed by atoms with Crippen molar-refractivity contribution in [1.29, 1.82) is 0 Å². The first-order valence-electron chi connectivity index (χ1n) is 6.28. The fraction of sp³-hybridized carbons (Fsp3) is 0.500. The molecule has 0 amide bonds. The zero-order valence-corrected chi connectivity index (χ0v) is 10.6. The van der Waals surface area contributed by atoms with Crippen LogP contribution in [0.5, 0.6) is 0 Å². The monoisotopic (exact) mass is 249 g/mol. The summed E-state index contributed by atoms with van der Waals surface area (Å²) in [4.78, 5) is 13.5. The van der Waals surface area contributed by atoms with Crippen LogP contribution in [0, 0.1) is 0 Å². The van der Waals surface area contributed by atoms with Crippen LogP contribution in [0.25, 0.3) is 0 Å². The molecule has 0 radical (unpaired) electrons. The first-order chi connectivity index (χ1) is 8.72. The number of carbonyl (C=O) groups excluding carboxylic acids is 1. The van der Waals surface area contributed by atoms with Gasteiger partial charge in [0.2, 0.25) is 0 Å². The van der Waals surface area contributed by atoms with Gasteiger partial charge < -0.3 is 14.7 Å². The Hall–Kier alpha value is -1.39. The van der Waals surface area contributed by atoms with Crippen molar-refractivity contribution in [2.24, 2.45) is 0 Å². The maximum Gasteiger partial charge on any atom is 0.159 e. The van der Waals surface area contributed by atoms with E-state index in [2.05, 4.69) is 4.90 Å². The summed E-state index contributed by atoms with van der Waals surface area (Å²) in [5.41, 5.74) is 1.81. The molecule has 1 N–H and O–H groups in total. The van der Waals surface area contributed by atoms with Gasteiger partial charge in [-0.1, -0.05) is 0 Å². The molecule has 1 heterocycles. The third kappa shape index (κ3) is 2.89. The summed E-state index contributed by atoms with van der Waals surface area (Å²) in [5.74, 6) is 0.0791. The highest BCUT2D eigenvalue weighted by atomic mass is 16.5. The molecule has 1 fully saturated rings. The topological polar surface area (TPSA) is 49.8 Å². The second kappa shape index (κ2) is 5.98. The fourth-order valence-electron chi connectivity index (χ4n) is 2.27. The number of anilines is 1. The summed E-state index contributed by atoms with van der Waals surface area (Å²) in [6, 6.07) is 7.84. The minimum Gasteiger partial charge on any atom is -0.396 e. The van der Waals surface area contributed by atoms with E-state index < -0.39 is 0 Å². The van der Waals surface area contributed by atoms with Crippen molar-refractivity contribution in [3.8, 4) is 0 Å². The Morgan fingerprint density at radius 1 is 1.44 bits per heavy atom. The average molecular weight is 249 g/mol. The molecule has 0 aliphatic carbocycles. The summed E-state index contributed by atoms with van der Waals surface area (Å²) in [5, 5.41) is 9.07. The molecule has 0 spiro atoms. The maximum absolute atomic E-state index is 11.2. The maximum atomic E-state index is 11.2.